The van der Waals surface area contributed by atoms with Crippen LogP contribution in [0.5, 0.6) is 5.75 Å². The van der Waals surface area contributed by atoms with Crippen LogP contribution < -0.4 is 10.2 Å². The second kappa shape index (κ2) is 6.52. The number of rotatable bonds is 3. The first kappa shape index (κ1) is 16.5. The molecule has 0 radical (unpaired) electrons. The first-order chi connectivity index (χ1) is 10.8. The first-order valence-corrected chi connectivity index (χ1v) is 7.26. The number of hydrogen-bond acceptors (Lipinski definition) is 3. The molecule has 0 aliphatic carbocycles. The quantitative estimate of drug-likeness (QED) is 0.914. The summed E-state index contributed by atoms with van der Waals surface area (Å²) in [7, 11) is 1.68. The Kier molecular flexibility index (Phi) is 4.69. The average Bonchev–Trinajstić information content (AvgIpc) is 2.52. The average molecular weight is 312 g/mol. The summed E-state index contributed by atoms with van der Waals surface area (Å²) in [6.07, 6.45) is 0. The molecule has 5 heteroatoms. The highest BCUT2D eigenvalue weighted by molar-refractivity contribution is 6.06. The van der Waals surface area contributed by atoms with Gasteiger partial charge < -0.3 is 15.3 Å². The zero-order valence-electron chi connectivity index (χ0n) is 13.7. The van der Waals surface area contributed by atoms with Gasteiger partial charge in [0.05, 0.1) is 5.56 Å². The standard InChI is InChI=1S/C18H20N2O3/c1-11-5-10-16(17(22)12(11)2)18(23)19-14-6-8-15(9-7-14)20(4)13(3)21/h5-10,22H,1-4H3,(H,19,23). The van der Waals surface area contributed by atoms with Crippen molar-refractivity contribution in [2.24, 2.45) is 0 Å². The van der Waals surface area contributed by atoms with Gasteiger partial charge in [-0.1, -0.05) is 6.07 Å². The number of benzene rings is 2. The SMILES string of the molecule is CC(=O)N(C)c1ccc(NC(=O)c2ccc(C)c(C)c2O)cc1. The highest BCUT2D eigenvalue weighted by Crippen LogP contribution is 2.26. The molecule has 0 spiro atoms. The highest BCUT2D eigenvalue weighted by atomic mass is 16.3. The summed E-state index contributed by atoms with van der Waals surface area (Å²) in [5, 5.41) is 12.8. The second-order valence-corrected chi connectivity index (χ2v) is 5.48. The molecule has 2 aromatic carbocycles. The molecule has 0 aliphatic rings. The van der Waals surface area contributed by atoms with E-state index in [4.69, 9.17) is 0 Å². The molecule has 5 nitrogen and oxygen atoms in total. The van der Waals surface area contributed by atoms with Gasteiger partial charge in [-0.25, -0.2) is 0 Å². The molecule has 0 unspecified atom stereocenters. The van der Waals surface area contributed by atoms with Crippen molar-refractivity contribution < 1.29 is 14.7 Å². The molecule has 0 aliphatic heterocycles. The van der Waals surface area contributed by atoms with Crippen LogP contribution >= 0.6 is 0 Å². The molecule has 0 atom stereocenters. The third-order valence-corrected chi connectivity index (χ3v) is 3.93. The Hall–Kier alpha value is -2.82. The molecule has 0 bridgehead atoms. The molecule has 0 saturated heterocycles. The van der Waals surface area contributed by atoms with Crippen LogP contribution in [-0.4, -0.2) is 24.0 Å². The van der Waals surface area contributed by atoms with Gasteiger partial charge in [0.2, 0.25) is 5.91 Å². The van der Waals surface area contributed by atoms with E-state index < -0.39 is 0 Å². The summed E-state index contributed by atoms with van der Waals surface area (Å²) in [5.41, 5.74) is 3.18. The van der Waals surface area contributed by atoms with Gasteiger partial charge in [0.25, 0.3) is 5.91 Å². The number of hydrogen-bond donors (Lipinski definition) is 2. The predicted octanol–water partition coefficient (Wildman–Crippen LogP) is 3.24. The van der Waals surface area contributed by atoms with Gasteiger partial charge in [-0.15, -0.1) is 0 Å². The van der Waals surface area contributed by atoms with Crippen molar-refractivity contribution in [2.45, 2.75) is 20.8 Å². The Balaban J connectivity index is 2.18. The summed E-state index contributed by atoms with van der Waals surface area (Å²) in [6, 6.07) is 10.3. The third kappa shape index (κ3) is 3.51. The number of carbonyl (C=O) groups is 2. The van der Waals surface area contributed by atoms with Gasteiger partial charge in [-0.05, 0) is 55.3 Å². The van der Waals surface area contributed by atoms with E-state index in [1.807, 2.05) is 6.92 Å². The smallest absolute Gasteiger partial charge is 0.259 e. The fraction of sp³-hybridized carbons (Fsp3) is 0.222. The molecule has 2 rings (SSSR count). The van der Waals surface area contributed by atoms with Crippen molar-refractivity contribution in [3.05, 3.63) is 53.1 Å². The molecular weight excluding hydrogens is 292 g/mol. The summed E-state index contributed by atoms with van der Waals surface area (Å²) < 4.78 is 0. The fourth-order valence-electron chi connectivity index (χ4n) is 2.13. The number of aromatic hydroxyl groups is 1. The zero-order chi connectivity index (χ0) is 17.1. The van der Waals surface area contributed by atoms with Gasteiger partial charge in [0.1, 0.15) is 5.75 Å². The number of anilines is 2. The van der Waals surface area contributed by atoms with Gasteiger partial charge in [0, 0.05) is 25.3 Å². The maximum Gasteiger partial charge on any atom is 0.259 e. The molecule has 2 aromatic rings. The Morgan fingerprint density at radius 3 is 2.22 bits per heavy atom. The number of amides is 2. The topological polar surface area (TPSA) is 69.6 Å². The van der Waals surface area contributed by atoms with E-state index in [2.05, 4.69) is 5.32 Å². The number of phenolic OH excluding ortho intramolecular Hbond substituents is 1. The molecule has 0 saturated carbocycles. The predicted molar refractivity (Wildman–Crippen MR) is 91.1 cm³/mol. The van der Waals surface area contributed by atoms with Gasteiger partial charge in [0.15, 0.2) is 0 Å². The third-order valence-electron chi connectivity index (χ3n) is 3.93. The van der Waals surface area contributed by atoms with Crippen LogP contribution in [0.15, 0.2) is 36.4 Å². The fourth-order valence-corrected chi connectivity index (χ4v) is 2.13. The number of carbonyl (C=O) groups excluding carboxylic acids is 2. The maximum atomic E-state index is 12.3. The minimum Gasteiger partial charge on any atom is -0.507 e. The Bertz CT molecular complexity index is 752. The molecule has 120 valence electrons. The molecule has 23 heavy (non-hydrogen) atoms. The maximum absolute atomic E-state index is 12.3. The van der Waals surface area contributed by atoms with Crippen LogP contribution in [0, 0.1) is 13.8 Å². The van der Waals surface area contributed by atoms with Crippen LogP contribution in [0.1, 0.15) is 28.4 Å². The van der Waals surface area contributed by atoms with Gasteiger partial charge >= 0.3 is 0 Å². The normalized spacial score (nSPS) is 10.3. The van der Waals surface area contributed by atoms with E-state index in [1.165, 1.54) is 11.8 Å². The van der Waals surface area contributed by atoms with Crippen molar-refractivity contribution in [1.29, 1.82) is 0 Å². The van der Waals surface area contributed by atoms with Crippen LogP contribution in [0.25, 0.3) is 0 Å². The van der Waals surface area contributed by atoms with Crippen LogP contribution in [0.2, 0.25) is 0 Å². The van der Waals surface area contributed by atoms with Crippen LogP contribution in [0.4, 0.5) is 11.4 Å². The second-order valence-electron chi connectivity index (χ2n) is 5.48. The molecule has 0 heterocycles. The van der Waals surface area contributed by atoms with Gasteiger partial charge in [-0.3, -0.25) is 9.59 Å². The lowest BCUT2D eigenvalue weighted by atomic mass is 10.0. The molecular formula is C18H20N2O3. The van der Waals surface area contributed by atoms with Crippen LogP contribution in [0.3, 0.4) is 0 Å². The number of nitrogens with zero attached hydrogens (tertiary/aromatic N) is 1. The summed E-state index contributed by atoms with van der Waals surface area (Å²) >= 11 is 0. The molecule has 0 aromatic heterocycles. The monoisotopic (exact) mass is 312 g/mol. The number of phenols is 1. The zero-order valence-corrected chi connectivity index (χ0v) is 13.7. The van der Waals surface area contributed by atoms with Crippen molar-refractivity contribution in [3.8, 4) is 5.75 Å². The summed E-state index contributed by atoms with van der Waals surface area (Å²) in [4.78, 5) is 25.1. The summed E-state index contributed by atoms with van der Waals surface area (Å²) in [5.74, 6) is -0.449. The van der Waals surface area contributed by atoms with E-state index in [9.17, 15) is 14.7 Å². The Labute approximate surface area is 135 Å². The van der Waals surface area contributed by atoms with Crippen molar-refractivity contribution in [1.82, 2.24) is 0 Å². The van der Waals surface area contributed by atoms with E-state index in [-0.39, 0.29) is 23.1 Å². The molecule has 2 amide bonds. The minimum absolute atomic E-state index is 0.00423. The Morgan fingerprint density at radius 2 is 1.65 bits per heavy atom. The first-order valence-electron chi connectivity index (χ1n) is 7.26. The largest absolute Gasteiger partial charge is 0.507 e. The number of nitrogens with one attached hydrogen (secondary N) is 1. The van der Waals surface area contributed by atoms with Crippen molar-refractivity contribution >= 4 is 23.2 Å². The van der Waals surface area contributed by atoms with E-state index in [0.29, 0.717) is 11.3 Å². The van der Waals surface area contributed by atoms with E-state index >= 15 is 0 Å². The lowest BCUT2D eigenvalue weighted by molar-refractivity contribution is -0.116. The van der Waals surface area contributed by atoms with Crippen molar-refractivity contribution in [2.75, 3.05) is 17.3 Å². The lowest BCUT2D eigenvalue weighted by Crippen LogP contribution is -2.22. The highest BCUT2D eigenvalue weighted by Gasteiger charge is 2.14. The minimum atomic E-state index is -0.377. The van der Waals surface area contributed by atoms with E-state index in [1.54, 1.807) is 50.4 Å². The van der Waals surface area contributed by atoms with Crippen LogP contribution in [-0.2, 0) is 4.79 Å². The summed E-state index contributed by atoms with van der Waals surface area (Å²) in [6.45, 7) is 5.13. The van der Waals surface area contributed by atoms with E-state index in [0.717, 1.165) is 11.3 Å². The Morgan fingerprint density at radius 1 is 1.04 bits per heavy atom. The molecule has 2 N–H and O–H groups in total. The van der Waals surface area contributed by atoms with Gasteiger partial charge in [-0.2, -0.15) is 0 Å². The number of aryl methyl sites for hydroxylation is 1. The molecule has 0 fully saturated rings. The lowest BCUT2D eigenvalue weighted by Gasteiger charge is -2.15. The van der Waals surface area contributed by atoms with Crippen molar-refractivity contribution in [3.63, 3.8) is 0 Å².